The van der Waals surface area contributed by atoms with E-state index in [0.29, 0.717) is 18.8 Å². The molecule has 1 aromatic rings. The number of amides is 1. The average molecular weight is 324 g/mol. The van der Waals surface area contributed by atoms with Crippen LogP contribution in [0.4, 0.5) is 5.69 Å². The van der Waals surface area contributed by atoms with Gasteiger partial charge in [-0.3, -0.25) is 9.10 Å². The van der Waals surface area contributed by atoms with Gasteiger partial charge in [-0.1, -0.05) is 12.1 Å². The van der Waals surface area contributed by atoms with Crippen molar-refractivity contribution in [2.24, 2.45) is 0 Å². The molecule has 0 N–H and O–H groups in total. The molecule has 0 aromatic heterocycles. The first-order valence-corrected chi connectivity index (χ1v) is 9.42. The lowest BCUT2D eigenvalue weighted by atomic mass is 10.1. The van der Waals surface area contributed by atoms with E-state index in [4.69, 9.17) is 0 Å². The summed E-state index contributed by atoms with van der Waals surface area (Å²) in [4.78, 5) is 14.4. The molecule has 122 valence electrons. The van der Waals surface area contributed by atoms with Crippen molar-refractivity contribution in [2.75, 3.05) is 23.7 Å². The third-order valence-electron chi connectivity index (χ3n) is 4.09. The summed E-state index contributed by atoms with van der Waals surface area (Å²) in [6.45, 7) is 6.88. The zero-order chi connectivity index (χ0) is 16.5. The molecule has 0 bridgehead atoms. The van der Waals surface area contributed by atoms with Crippen LogP contribution in [0.3, 0.4) is 0 Å². The van der Waals surface area contributed by atoms with Gasteiger partial charge in [-0.2, -0.15) is 0 Å². The summed E-state index contributed by atoms with van der Waals surface area (Å²) < 4.78 is 25.9. The van der Waals surface area contributed by atoms with E-state index in [2.05, 4.69) is 0 Å². The third-order valence-corrected chi connectivity index (χ3v) is 5.31. The Morgan fingerprint density at radius 2 is 1.82 bits per heavy atom. The SMILES string of the molecule is Cc1ccc(C)c(N(C(C)C(=O)N2CCCC2)S(C)(=O)=O)c1. The molecule has 6 heteroatoms. The molecule has 1 saturated heterocycles. The van der Waals surface area contributed by atoms with Crippen LogP contribution >= 0.6 is 0 Å². The Labute approximate surface area is 133 Å². The minimum atomic E-state index is -3.55. The first-order chi connectivity index (χ1) is 10.2. The molecule has 1 aliphatic heterocycles. The molecule has 1 atom stereocenters. The molecule has 0 radical (unpaired) electrons. The molecular formula is C16H24N2O3S. The van der Waals surface area contributed by atoms with Gasteiger partial charge < -0.3 is 4.90 Å². The highest BCUT2D eigenvalue weighted by molar-refractivity contribution is 7.92. The van der Waals surface area contributed by atoms with Crippen LogP contribution in [-0.4, -0.2) is 44.6 Å². The van der Waals surface area contributed by atoms with E-state index < -0.39 is 16.1 Å². The van der Waals surface area contributed by atoms with Gasteiger partial charge >= 0.3 is 0 Å². The fourth-order valence-corrected chi connectivity index (χ4v) is 4.15. The number of carbonyl (C=O) groups is 1. The first-order valence-electron chi connectivity index (χ1n) is 7.57. The minimum Gasteiger partial charge on any atom is -0.341 e. The van der Waals surface area contributed by atoms with Gasteiger partial charge in [0.15, 0.2) is 0 Å². The van der Waals surface area contributed by atoms with Crippen LogP contribution in [0.5, 0.6) is 0 Å². The maximum atomic E-state index is 12.6. The lowest BCUT2D eigenvalue weighted by molar-refractivity contribution is -0.130. The van der Waals surface area contributed by atoms with Gasteiger partial charge in [0, 0.05) is 13.1 Å². The van der Waals surface area contributed by atoms with E-state index >= 15 is 0 Å². The number of sulfonamides is 1. The monoisotopic (exact) mass is 324 g/mol. The summed E-state index contributed by atoms with van der Waals surface area (Å²) in [7, 11) is -3.55. The Bertz CT molecular complexity index is 664. The number of nitrogens with zero attached hydrogens (tertiary/aromatic N) is 2. The van der Waals surface area contributed by atoms with Crippen molar-refractivity contribution in [3.8, 4) is 0 Å². The fourth-order valence-electron chi connectivity index (χ4n) is 2.93. The van der Waals surface area contributed by atoms with Crippen LogP contribution in [0, 0.1) is 13.8 Å². The second-order valence-corrected chi connectivity index (χ2v) is 7.92. The number of hydrogen-bond donors (Lipinski definition) is 0. The largest absolute Gasteiger partial charge is 0.341 e. The summed E-state index contributed by atoms with van der Waals surface area (Å²) in [6.07, 6.45) is 3.13. The van der Waals surface area contributed by atoms with Crippen molar-refractivity contribution in [3.63, 3.8) is 0 Å². The van der Waals surface area contributed by atoms with E-state index in [-0.39, 0.29) is 5.91 Å². The minimum absolute atomic E-state index is 0.121. The molecule has 1 unspecified atom stereocenters. The van der Waals surface area contributed by atoms with Gasteiger partial charge in [0.05, 0.1) is 11.9 Å². The van der Waals surface area contributed by atoms with E-state index in [0.717, 1.165) is 30.2 Å². The lowest BCUT2D eigenvalue weighted by Gasteiger charge is -2.32. The molecule has 5 nitrogen and oxygen atoms in total. The van der Waals surface area contributed by atoms with Gasteiger partial charge in [-0.15, -0.1) is 0 Å². The maximum absolute atomic E-state index is 12.6. The van der Waals surface area contributed by atoms with Crippen LogP contribution in [0.15, 0.2) is 18.2 Å². The summed E-state index contributed by atoms with van der Waals surface area (Å²) in [6, 6.07) is 4.92. The van der Waals surface area contributed by atoms with Crippen LogP contribution in [0.25, 0.3) is 0 Å². The van der Waals surface area contributed by atoms with Crippen LogP contribution in [0.1, 0.15) is 30.9 Å². The van der Waals surface area contributed by atoms with Gasteiger partial charge in [0.1, 0.15) is 6.04 Å². The highest BCUT2D eigenvalue weighted by Gasteiger charge is 2.33. The number of anilines is 1. The molecule has 1 amide bonds. The lowest BCUT2D eigenvalue weighted by Crippen LogP contribution is -2.49. The van der Waals surface area contributed by atoms with E-state index in [1.54, 1.807) is 11.8 Å². The number of hydrogen-bond acceptors (Lipinski definition) is 3. The predicted octanol–water partition coefficient (Wildman–Crippen LogP) is 2.08. The highest BCUT2D eigenvalue weighted by Crippen LogP contribution is 2.27. The summed E-state index contributed by atoms with van der Waals surface area (Å²) >= 11 is 0. The quantitative estimate of drug-likeness (QED) is 0.852. The molecule has 2 rings (SSSR count). The van der Waals surface area contributed by atoms with Gasteiger partial charge in [-0.05, 0) is 50.8 Å². The Hall–Kier alpha value is -1.56. The fraction of sp³-hybridized carbons (Fsp3) is 0.562. The Kier molecular flexibility index (Phi) is 4.80. The molecule has 22 heavy (non-hydrogen) atoms. The Morgan fingerprint density at radius 1 is 1.23 bits per heavy atom. The molecule has 1 heterocycles. The van der Waals surface area contributed by atoms with Crippen molar-refractivity contribution in [3.05, 3.63) is 29.3 Å². The zero-order valence-electron chi connectivity index (χ0n) is 13.7. The van der Waals surface area contributed by atoms with Crippen LogP contribution < -0.4 is 4.31 Å². The van der Waals surface area contributed by atoms with Gasteiger partial charge in [0.25, 0.3) is 0 Å². The van der Waals surface area contributed by atoms with Crippen molar-refractivity contribution >= 4 is 21.6 Å². The smallest absolute Gasteiger partial charge is 0.246 e. The predicted molar refractivity (Wildman–Crippen MR) is 88.5 cm³/mol. The van der Waals surface area contributed by atoms with Crippen LogP contribution in [0.2, 0.25) is 0 Å². The Balaban J connectivity index is 2.42. The summed E-state index contributed by atoms with van der Waals surface area (Å²) in [5.41, 5.74) is 2.40. The zero-order valence-corrected chi connectivity index (χ0v) is 14.5. The average Bonchev–Trinajstić information content (AvgIpc) is 2.94. The normalized spacial score (nSPS) is 16.6. The van der Waals surface area contributed by atoms with Crippen molar-refractivity contribution in [1.82, 2.24) is 4.90 Å². The number of benzene rings is 1. The highest BCUT2D eigenvalue weighted by atomic mass is 32.2. The standard InChI is InChI=1S/C16H24N2O3S/c1-12-7-8-13(2)15(11-12)18(22(4,20)21)14(3)16(19)17-9-5-6-10-17/h7-8,11,14H,5-6,9-10H2,1-4H3. The number of likely N-dealkylation sites (tertiary alicyclic amines) is 1. The van der Waals surface area contributed by atoms with Gasteiger partial charge in [-0.25, -0.2) is 8.42 Å². The summed E-state index contributed by atoms with van der Waals surface area (Å²) in [5, 5.41) is 0. The molecule has 1 aromatic carbocycles. The molecule has 0 spiro atoms. The molecule has 0 aliphatic carbocycles. The number of rotatable bonds is 4. The molecule has 0 saturated carbocycles. The number of aryl methyl sites for hydroxylation is 2. The second-order valence-electron chi connectivity index (χ2n) is 6.06. The second kappa shape index (κ2) is 6.28. The van der Waals surface area contributed by atoms with E-state index in [1.807, 2.05) is 32.0 Å². The van der Waals surface area contributed by atoms with E-state index in [1.165, 1.54) is 4.31 Å². The Morgan fingerprint density at radius 3 is 2.36 bits per heavy atom. The van der Waals surface area contributed by atoms with Crippen molar-refractivity contribution in [1.29, 1.82) is 0 Å². The number of carbonyl (C=O) groups excluding carboxylic acids is 1. The van der Waals surface area contributed by atoms with Crippen LogP contribution in [-0.2, 0) is 14.8 Å². The maximum Gasteiger partial charge on any atom is 0.246 e. The van der Waals surface area contributed by atoms with Crippen molar-refractivity contribution < 1.29 is 13.2 Å². The molecule has 1 fully saturated rings. The first kappa shape index (κ1) is 16.8. The van der Waals surface area contributed by atoms with Gasteiger partial charge in [0.2, 0.25) is 15.9 Å². The van der Waals surface area contributed by atoms with E-state index in [9.17, 15) is 13.2 Å². The summed E-state index contributed by atoms with van der Waals surface area (Å²) in [5.74, 6) is -0.121. The molecule has 1 aliphatic rings. The third kappa shape index (κ3) is 3.43. The van der Waals surface area contributed by atoms with Crippen molar-refractivity contribution in [2.45, 2.75) is 39.7 Å². The molecular weight excluding hydrogens is 300 g/mol. The topological polar surface area (TPSA) is 57.7 Å².